The Labute approximate surface area is 175 Å². The minimum absolute atomic E-state index is 0.133. The van der Waals surface area contributed by atoms with Gasteiger partial charge in [-0.25, -0.2) is 4.79 Å². The van der Waals surface area contributed by atoms with Crippen LogP contribution in [-0.4, -0.2) is 55.1 Å². The van der Waals surface area contributed by atoms with Crippen molar-refractivity contribution in [3.63, 3.8) is 0 Å². The zero-order valence-corrected chi connectivity index (χ0v) is 17.7. The Kier molecular flexibility index (Phi) is 6.56. The lowest BCUT2D eigenvalue weighted by atomic mass is 10.1. The Hall–Kier alpha value is -3.13. The Balaban J connectivity index is 1.60. The zero-order chi connectivity index (χ0) is 21.8. The van der Waals surface area contributed by atoms with Gasteiger partial charge in [-0.15, -0.1) is 0 Å². The molecule has 3 rings (SSSR count). The number of aryl methyl sites for hydroxylation is 1. The van der Waals surface area contributed by atoms with E-state index < -0.39 is 18.0 Å². The van der Waals surface area contributed by atoms with Crippen LogP contribution in [0, 0.1) is 13.8 Å². The molecule has 1 aromatic heterocycles. The van der Waals surface area contributed by atoms with Gasteiger partial charge in [0, 0.05) is 35.7 Å². The number of nitrogens with one attached hydrogen (secondary N) is 2. The third kappa shape index (κ3) is 4.71. The average Bonchev–Trinajstić information content (AvgIpc) is 3.03. The molecule has 160 valence electrons. The number of nitrogens with zero attached hydrogens (tertiary/aromatic N) is 1. The summed E-state index contributed by atoms with van der Waals surface area (Å²) >= 11 is 0. The number of carbonyl (C=O) groups excluding carboxylic acids is 3. The second kappa shape index (κ2) is 9.13. The summed E-state index contributed by atoms with van der Waals surface area (Å²) in [4.78, 5) is 41.8. The summed E-state index contributed by atoms with van der Waals surface area (Å²) < 4.78 is 10.7. The van der Waals surface area contributed by atoms with Crippen LogP contribution in [0.5, 0.6) is 0 Å². The molecule has 1 aromatic carbocycles. The van der Waals surface area contributed by atoms with Gasteiger partial charge in [0.05, 0.1) is 13.2 Å². The van der Waals surface area contributed by atoms with Crippen molar-refractivity contribution in [2.45, 2.75) is 33.8 Å². The topological polar surface area (TPSA) is 101 Å². The van der Waals surface area contributed by atoms with E-state index in [-0.39, 0.29) is 11.5 Å². The number of hydrogen-bond acceptors (Lipinski definition) is 6. The van der Waals surface area contributed by atoms with Gasteiger partial charge in [-0.05, 0) is 57.5 Å². The Bertz CT molecular complexity index is 942. The van der Waals surface area contributed by atoms with Crippen LogP contribution in [0.1, 0.15) is 46.0 Å². The van der Waals surface area contributed by atoms with Crippen molar-refractivity contribution >= 4 is 29.0 Å². The van der Waals surface area contributed by atoms with Crippen LogP contribution >= 0.6 is 0 Å². The maximum Gasteiger partial charge on any atom is 0.355 e. The molecule has 0 radical (unpaired) electrons. The summed E-state index contributed by atoms with van der Waals surface area (Å²) in [6.07, 6.45) is -1.000. The van der Waals surface area contributed by atoms with Gasteiger partial charge in [0.2, 0.25) is 0 Å². The third-order valence-electron chi connectivity index (χ3n) is 5.16. The molecule has 1 saturated heterocycles. The van der Waals surface area contributed by atoms with E-state index in [1.165, 1.54) is 13.8 Å². The number of ketones is 1. The van der Waals surface area contributed by atoms with Crippen LogP contribution < -0.4 is 10.2 Å². The SMILES string of the molecule is CC(=O)c1c(C)[nH]c(C(=O)O[C@@H](C)C(=O)Nc2ccc(N3CCOCC3)cc2)c1C. The quantitative estimate of drug-likeness (QED) is 0.558. The van der Waals surface area contributed by atoms with Gasteiger partial charge in [-0.2, -0.15) is 0 Å². The predicted octanol–water partition coefficient (Wildman–Crippen LogP) is 2.85. The zero-order valence-electron chi connectivity index (χ0n) is 17.7. The van der Waals surface area contributed by atoms with Crippen molar-refractivity contribution in [2.75, 3.05) is 36.5 Å². The predicted molar refractivity (Wildman–Crippen MR) is 113 cm³/mol. The monoisotopic (exact) mass is 413 g/mol. The Morgan fingerprint density at radius 3 is 2.33 bits per heavy atom. The highest BCUT2D eigenvalue weighted by Crippen LogP contribution is 2.21. The van der Waals surface area contributed by atoms with Gasteiger partial charge in [0.25, 0.3) is 5.91 Å². The highest BCUT2D eigenvalue weighted by Gasteiger charge is 2.24. The van der Waals surface area contributed by atoms with Gasteiger partial charge in [0.1, 0.15) is 5.69 Å². The van der Waals surface area contributed by atoms with Gasteiger partial charge in [-0.3, -0.25) is 9.59 Å². The standard InChI is InChI=1S/C22H27N3O5/c1-13-19(15(3)26)14(2)23-20(13)22(28)30-16(4)21(27)24-17-5-7-18(8-6-17)25-9-11-29-12-10-25/h5-8,16,23H,9-12H2,1-4H3,(H,24,27)/t16-/m0/s1. The number of Topliss-reactive ketones (excluding diaryl/α,β-unsaturated/α-hetero) is 1. The fourth-order valence-corrected chi connectivity index (χ4v) is 3.58. The van der Waals surface area contributed by atoms with E-state index in [1.54, 1.807) is 13.8 Å². The maximum absolute atomic E-state index is 12.5. The van der Waals surface area contributed by atoms with Crippen LogP contribution in [0.3, 0.4) is 0 Å². The van der Waals surface area contributed by atoms with E-state index in [2.05, 4.69) is 15.2 Å². The summed E-state index contributed by atoms with van der Waals surface area (Å²) in [6, 6.07) is 7.50. The van der Waals surface area contributed by atoms with E-state index >= 15 is 0 Å². The molecule has 2 aromatic rings. The molecule has 30 heavy (non-hydrogen) atoms. The molecule has 0 unspecified atom stereocenters. The first-order valence-corrected chi connectivity index (χ1v) is 9.92. The van der Waals surface area contributed by atoms with Crippen LogP contribution in [0.2, 0.25) is 0 Å². The smallest absolute Gasteiger partial charge is 0.355 e. The third-order valence-corrected chi connectivity index (χ3v) is 5.16. The number of benzene rings is 1. The van der Waals surface area contributed by atoms with Crippen molar-refractivity contribution in [1.29, 1.82) is 0 Å². The molecule has 1 aliphatic heterocycles. The number of H-pyrrole nitrogens is 1. The van der Waals surface area contributed by atoms with Crippen LogP contribution in [0.4, 0.5) is 11.4 Å². The van der Waals surface area contributed by atoms with E-state index in [0.29, 0.717) is 35.7 Å². The highest BCUT2D eigenvalue weighted by molar-refractivity contribution is 6.02. The van der Waals surface area contributed by atoms with Crippen molar-refractivity contribution < 1.29 is 23.9 Å². The van der Waals surface area contributed by atoms with E-state index in [9.17, 15) is 14.4 Å². The summed E-state index contributed by atoms with van der Waals surface area (Å²) in [7, 11) is 0. The molecule has 0 aliphatic carbocycles. The minimum Gasteiger partial charge on any atom is -0.448 e. The molecule has 1 aliphatic rings. The molecular formula is C22H27N3O5. The highest BCUT2D eigenvalue weighted by atomic mass is 16.5. The summed E-state index contributed by atoms with van der Waals surface area (Å²) in [6.45, 7) is 9.42. The molecular weight excluding hydrogens is 386 g/mol. The van der Waals surface area contributed by atoms with E-state index in [1.807, 2.05) is 24.3 Å². The van der Waals surface area contributed by atoms with E-state index in [0.717, 1.165) is 18.8 Å². The molecule has 1 amide bonds. The lowest BCUT2D eigenvalue weighted by molar-refractivity contribution is -0.123. The lowest BCUT2D eigenvalue weighted by Gasteiger charge is -2.28. The van der Waals surface area contributed by atoms with Crippen molar-refractivity contribution in [2.24, 2.45) is 0 Å². The van der Waals surface area contributed by atoms with Gasteiger partial charge < -0.3 is 24.7 Å². The number of hydrogen-bond donors (Lipinski definition) is 2. The maximum atomic E-state index is 12.5. The van der Waals surface area contributed by atoms with E-state index in [4.69, 9.17) is 9.47 Å². The number of carbonyl (C=O) groups is 3. The summed E-state index contributed by atoms with van der Waals surface area (Å²) in [5.74, 6) is -1.24. The number of esters is 1. The molecule has 8 heteroatoms. The molecule has 1 atom stereocenters. The second-order valence-electron chi connectivity index (χ2n) is 7.36. The number of rotatable bonds is 6. The van der Waals surface area contributed by atoms with Crippen molar-refractivity contribution in [3.05, 3.63) is 46.8 Å². The number of aromatic amines is 1. The lowest BCUT2D eigenvalue weighted by Crippen LogP contribution is -2.36. The normalized spacial score (nSPS) is 14.9. The van der Waals surface area contributed by atoms with Gasteiger partial charge in [0.15, 0.2) is 11.9 Å². The molecule has 0 spiro atoms. The first-order valence-electron chi connectivity index (χ1n) is 9.92. The minimum atomic E-state index is -1.000. The van der Waals surface area contributed by atoms with Crippen LogP contribution in [0.15, 0.2) is 24.3 Å². The second-order valence-corrected chi connectivity index (χ2v) is 7.36. The first kappa shape index (κ1) is 21.6. The number of ether oxygens (including phenoxy) is 2. The van der Waals surface area contributed by atoms with Crippen LogP contribution in [0.25, 0.3) is 0 Å². The molecule has 8 nitrogen and oxygen atoms in total. The van der Waals surface area contributed by atoms with Crippen LogP contribution in [-0.2, 0) is 14.3 Å². The fourth-order valence-electron chi connectivity index (χ4n) is 3.58. The molecule has 0 saturated carbocycles. The largest absolute Gasteiger partial charge is 0.448 e. The Morgan fingerprint density at radius 1 is 1.13 bits per heavy atom. The molecule has 0 bridgehead atoms. The van der Waals surface area contributed by atoms with Gasteiger partial charge >= 0.3 is 5.97 Å². The Morgan fingerprint density at radius 2 is 1.77 bits per heavy atom. The average molecular weight is 413 g/mol. The molecule has 1 fully saturated rings. The van der Waals surface area contributed by atoms with Crippen molar-refractivity contribution in [1.82, 2.24) is 4.98 Å². The number of amides is 1. The molecule has 2 N–H and O–H groups in total. The van der Waals surface area contributed by atoms with Gasteiger partial charge in [-0.1, -0.05) is 0 Å². The number of anilines is 2. The van der Waals surface area contributed by atoms with Crippen molar-refractivity contribution in [3.8, 4) is 0 Å². The fraction of sp³-hybridized carbons (Fsp3) is 0.409. The number of aromatic nitrogens is 1. The molecule has 2 heterocycles. The number of morpholine rings is 1. The summed E-state index contributed by atoms with van der Waals surface area (Å²) in [5.41, 5.74) is 3.47. The summed E-state index contributed by atoms with van der Waals surface area (Å²) in [5, 5.41) is 2.75. The first-order chi connectivity index (χ1) is 14.3.